The summed E-state index contributed by atoms with van der Waals surface area (Å²) in [6.45, 7) is 4.00. The first-order chi connectivity index (χ1) is 16.0. The van der Waals surface area contributed by atoms with Crippen molar-refractivity contribution in [3.8, 4) is 5.75 Å². The number of aromatic nitrogens is 1. The van der Waals surface area contributed by atoms with E-state index in [0.29, 0.717) is 17.0 Å². The van der Waals surface area contributed by atoms with Gasteiger partial charge in [-0.25, -0.2) is 4.79 Å². The fourth-order valence-corrected chi connectivity index (χ4v) is 3.64. The number of fused-ring (bicyclic) bond motifs is 1. The van der Waals surface area contributed by atoms with Crippen LogP contribution >= 0.6 is 0 Å². The lowest BCUT2D eigenvalue weighted by molar-refractivity contribution is 0.0601. The minimum atomic E-state index is -0.359. The maximum Gasteiger partial charge on any atom is 0.340 e. The second kappa shape index (κ2) is 13.1. The number of aromatic hydroxyl groups is 1. The molecule has 1 aliphatic carbocycles. The molecule has 2 aromatic carbocycles. The maximum absolute atomic E-state index is 11.1. The monoisotopic (exact) mass is 449 g/mol. The van der Waals surface area contributed by atoms with Crippen LogP contribution in [0.15, 0.2) is 60.9 Å². The van der Waals surface area contributed by atoms with E-state index >= 15 is 0 Å². The van der Waals surface area contributed by atoms with Gasteiger partial charge in [-0.15, -0.1) is 0 Å². The number of rotatable bonds is 4. The summed E-state index contributed by atoms with van der Waals surface area (Å²) in [5.41, 5.74) is 6.47. The smallest absolute Gasteiger partial charge is 0.340 e. The number of ether oxygens (including phenoxy) is 1. The third kappa shape index (κ3) is 6.97. The van der Waals surface area contributed by atoms with E-state index in [4.69, 9.17) is 0 Å². The Morgan fingerprint density at radius 3 is 2.27 bits per heavy atom. The normalized spacial score (nSPS) is 11.5. The van der Waals surface area contributed by atoms with Crippen LogP contribution in [0.3, 0.4) is 0 Å². The van der Waals surface area contributed by atoms with Crippen molar-refractivity contribution in [3.05, 3.63) is 77.6 Å². The Balaban J connectivity index is 0.000000238. The average Bonchev–Trinajstić information content (AvgIpc) is 2.89. The summed E-state index contributed by atoms with van der Waals surface area (Å²) in [4.78, 5) is 17.1. The summed E-state index contributed by atoms with van der Waals surface area (Å²) in [5, 5.41) is 12.2. The molecule has 6 heteroatoms. The van der Waals surface area contributed by atoms with Crippen LogP contribution in [0.25, 0.3) is 0 Å². The highest BCUT2D eigenvalue weighted by molar-refractivity contribution is 5.95. The molecule has 0 aliphatic heterocycles. The van der Waals surface area contributed by atoms with Crippen LogP contribution in [-0.2, 0) is 17.6 Å². The number of pyridine rings is 1. The van der Waals surface area contributed by atoms with Gasteiger partial charge in [0, 0.05) is 31.7 Å². The van der Waals surface area contributed by atoms with Crippen LogP contribution in [0, 0.1) is 0 Å². The Hall–Kier alpha value is -3.54. The van der Waals surface area contributed by atoms with E-state index in [-0.39, 0.29) is 5.97 Å². The number of hydrogen-bond acceptors (Lipinski definition) is 6. The Morgan fingerprint density at radius 2 is 1.64 bits per heavy atom. The average molecular weight is 450 g/mol. The van der Waals surface area contributed by atoms with Gasteiger partial charge in [-0.2, -0.15) is 0 Å². The molecule has 0 unspecified atom stereocenters. The van der Waals surface area contributed by atoms with Crippen molar-refractivity contribution in [2.45, 2.75) is 39.5 Å². The molecule has 0 atom stereocenters. The summed E-state index contributed by atoms with van der Waals surface area (Å²) in [6.07, 6.45) is 8.17. The van der Waals surface area contributed by atoms with E-state index in [1.165, 1.54) is 49.6 Å². The lowest BCUT2D eigenvalue weighted by atomic mass is 9.91. The van der Waals surface area contributed by atoms with E-state index in [1.54, 1.807) is 37.6 Å². The lowest BCUT2D eigenvalue weighted by Crippen LogP contribution is -2.11. The second-order valence-electron chi connectivity index (χ2n) is 7.40. The molecule has 2 N–H and O–H groups in total. The number of phenolic OH excluding ortho intramolecular Hbond substituents is 1. The summed E-state index contributed by atoms with van der Waals surface area (Å²) >= 11 is 0. The van der Waals surface area contributed by atoms with Crippen LogP contribution in [-0.4, -0.2) is 37.3 Å². The number of methoxy groups -OCH3 is 1. The molecule has 0 bridgehead atoms. The molecule has 0 saturated heterocycles. The molecule has 0 radical (unpaired) electrons. The van der Waals surface area contributed by atoms with Gasteiger partial charge in [-0.05, 0) is 79.3 Å². The zero-order valence-corrected chi connectivity index (χ0v) is 20.3. The topological polar surface area (TPSA) is 74.7 Å². The molecule has 0 saturated carbocycles. The second-order valence-corrected chi connectivity index (χ2v) is 7.40. The number of carbonyl (C=O) groups is 1. The highest BCUT2D eigenvalue weighted by Crippen LogP contribution is 2.30. The number of anilines is 3. The number of hydrogen-bond donors (Lipinski definition) is 2. The van der Waals surface area contributed by atoms with Crippen LogP contribution in [0.5, 0.6) is 5.75 Å². The first-order valence-corrected chi connectivity index (χ1v) is 11.4. The molecule has 4 rings (SSSR count). The SMILES string of the molecule is CC.CN(c1ccc(O)cc1)c1ccc2c(c1)CCCC2.CNc1cnccc1C(=O)OC. The van der Waals surface area contributed by atoms with Gasteiger partial charge in [0.15, 0.2) is 0 Å². The fraction of sp³-hybridized carbons (Fsp3) is 0.333. The van der Waals surface area contributed by atoms with Gasteiger partial charge in [-0.3, -0.25) is 4.98 Å². The van der Waals surface area contributed by atoms with Crippen molar-refractivity contribution in [2.75, 3.05) is 31.4 Å². The van der Waals surface area contributed by atoms with Gasteiger partial charge in [0.1, 0.15) is 5.75 Å². The highest BCUT2D eigenvalue weighted by atomic mass is 16.5. The predicted octanol–water partition coefficient (Wildman–Crippen LogP) is 5.98. The first kappa shape index (κ1) is 25.7. The number of aryl methyl sites for hydroxylation is 2. The number of esters is 1. The maximum atomic E-state index is 11.1. The predicted molar refractivity (Wildman–Crippen MR) is 136 cm³/mol. The van der Waals surface area contributed by atoms with E-state index in [9.17, 15) is 9.90 Å². The van der Waals surface area contributed by atoms with Crippen LogP contribution in [0.2, 0.25) is 0 Å². The van der Waals surface area contributed by atoms with Crippen molar-refractivity contribution in [2.24, 2.45) is 0 Å². The molecule has 176 valence electrons. The molecule has 0 spiro atoms. The van der Waals surface area contributed by atoms with E-state index in [1.807, 2.05) is 26.0 Å². The van der Waals surface area contributed by atoms with Gasteiger partial charge in [-0.1, -0.05) is 19.9 Å². The molecular formula is C27H35N3O3. The van der Waals surface area contributed by atoms with E-state index < -0.39 is 0 Å². The number of nitrogens with one attached hydrogen (secondary N) is 1. The molecule has 0 fully saturated rings. The van der Waals surface area contributed by atoms with Gasteiger partial charge >= 0.3 is 5.97 Å². The quantitative estimate of drug-likeness (QED) is 0.478. The molecule has 1 heterocycles. The standard InChI is InChI=1S/C17H19NO.C8H10N2O2.C2H6/c1-18(15-8-10-17(19)11-9-15)16-7-6-13-4-2-3-5-14(13)12-16;1-9-7-5-10-4-3-6(7)8(11)12-2;1-2/h6-12,19H,2-5H2,1H3;3-5,9H,1-2H3;1-2H3. The number of nitrogens with zero attached hydrogens (tertiary/aromatic N) is 2. The largest absolute Gasteiger partial charge is 0.508 e. The van der Waals surface area contributed by atoms with Crippen molar-refractivity contribution in [1.82, 2.24) is 4.98 Å². The van der Waals surface area contributed by atoms with Crippen LogP contribution in [0.1, 0.15) is 48.2 Å². The van der Waals surface area contributed by atoms with Crippen molar-refractivity contribution < 1.29 is 14.6 Å². The number of phenols is 1. The zero-order chi connectivity index (χ0) is 24.2. The van der Waals surface area contributed by atoms with Gasteiger partial charge in [0.25, 0.3) is 0 Å². The first-order valence-electron chi connectivity index (χ1n) is 11.4. The summed E-state index contributed by atoms with van der Waals surface area (Å²) in [5.74, 6) is -0.0515. The Labute approximate surface area is 197 Å². The zero-order valence-electron chi connectivity index (χ0n) is 20.3. The Kier molecular flexibility index (Phi) is 10.2. The molecular weight excluding hydrogens is 414 g/mol. The van der Waals surface area contributed by atoms with E-state index in [0.717, 1.165) is 5.69 Å². The molecule has 1 aliphatic rings. The van der Waals surface area contributed by atoms with Gasteiger partial charge in [0.2, 0.25) is 0 Å². The minimum absolute atomic E-state index is 0.308. The van der Waals surface area contributed by atoms with Gasteiger partial charge in [0.05, 0.1) is 24.6 Å². The molecule has 3 aromatic rings. The summed E-state index contributed by atoms with van der Waals surface area (Å²) in [7, 11) is 5.14. The third-order valence-electron chi connectivity index (χ3n) is 5.45. The molecule has 6 nitrogen and oxygen atoms in total. The molecule has 1 aromatic heterocycles. The van der Waals surface area contributed by atoms with Crippen molar-refractivity contribution in [1.29, 1.82) is 0 Å². The van der Waals surface area contributed by atoms with Crippen LogP contribution < -0.4 is 10.2 Å². The van der Waals surface area contributed by atoms with Crippen molar-refractivity contribution >= 4 is 23.0 Å². The summed E-state index contributed by atoms with van der Waals surface area (Å²) < 4.78 is 4.57. The summed E-state index contributed by atoms with van der Waals surface area (Å²) in [6, 6.07) is 15.7. The lowest BCUT2D eigenvalue weighted by Gasteiger charge is -2.23. The fourth-order valence-electron chi connectivity index (χ4n) is 3.64. The van der Waals surface area contributed by atoms with Gasteiger partial charge < -0.3 is 20.1 Å². The minimum Gasteiger partial charge on any atom is -0.508 e. The number of carbonyl (C=O) groups excluding carboxylic acids is 1. The highest BCUT2D eigenvalue weighted by Gasteiger charge is 2.12. The van der Waals surface area contributed by atoms with Crippen LogP contribution in [0.4, 0.5) is 17.1 Å². The van der Waals surface area contributed by atoms with Crippen molar-refractivity contribution in [3.63, 3.8) is 0 Å². The Bertz CT molecular complexity index is 1020. The third-order valence-corrected chi connectivity index (χ3v) is 5.45. The number of benzene rings is 2. The molecule has 0 amide bonds. The van der Waals surface area contributed by atoms with E-state index in [2.05, 4.69) is 45.2 Å². The molecule has 33 heavy (non-hydrogen) atoms. The Morgan fingerprint density at radius 1 is 1.00 bits per heavy atom.